The van der Waals surface area contributed by atoms with Crippen LogP contribution in [0.15, 0.2) is 65.7 Å². The molecule has 0 aromatic heterocycles. The van der Waals surface area contributed by atoms with E-state index in [2.05, 4.69) is 57.1 Å². The first-order valence-electron chi connectivity index (χ1n) is 16.1. The van der Waals surface area contributed by atoms with Gasteiger partial charge in [0.05, 0.1) is 18.7 Å². The third-order valence-corrected chi connectivity index (χ3v) is 9.83. The number of aliphatic imine (C=N–C) groups is 1. The molecular formula is C36H42ClF3N4O. The minimum Gasteiger partial charge on any atom is -0.494 e. The van der Waals surface area contributed by atoms with Crippen LogP contribution in [0.3, 0.4) is 0 Å². The van der Waals surface area contributed by atoms with Crippen LogP contribution in [0, 0.1) is 5.92 Å². The molecule has 240 valence electrons. The fraction of sp³-hybridized carbons (Fsp3) is 0.472. The Kier molecular flexibility index (Phi) is 10.0. The number of fused-ring (bicyclic) bond motifs is 1. The Labute approximate surface area is 269 Å². The summed E-state index contributed by atoms with van der Waals surface area (Å²) in [6.45, 7) is 7.07. The van der Waals surface area contributed by atoms with Crippen molar-refractivity contribution in [1.82, 2.24) is 14.7 Å². The van der Waals surface area contributed by atoms with Crippen molar-refractivity contribution in [2.75, 3.05) is 46.4 Å². The monoisotopic (exact) mass is 638 g/mol. The fourth-order valence-electron chi connectivity index (χ4n) is 6.88. The van der Waals surface area contributed by atoms with Gasteiger partial charge in [-0.1, -0.05) is 48.0 Å². The molecule has 0 N–H and O–H groups in total. The van der Waals surface area contributed by atoms with E-state index in [4.69, 9.17) is 16.3 Å². The Morgan fingerprint density at radius 3 is 2.44 bits per heavy atom. The smallest absolute Gasteiger partial charge is 0.416 e. The number of likely N-dealkylation sites (N-methyl/N-ethyl adjacent to an activating group) is 1. The average Bonchev–Trinajstić information content (AvgIpc) is 3.35. The lowest BCUT2D eigenvalue weighted by atomic mass is 9.93. The first-order valence-corrected chi connectivity index (χ1v) is 16.5. The van der Waals surface area contributed by atoms with E-state index in [-0.39, 0.29) is 6.54 Å². The molecule has 0 saturated carbocycles. The number of hydrogen-bond acceptors (Lipinski definition) is 5. The van der Waals surface area contributed by atoms with Crippen molar-refractivity contribution in [2.45, 2.75) is 57.9 Å². The van der Waals surface area contributed by atoms with Crippen molar-refractivity contribution in [3.05, 3.63) is 99.1 Å². The SMILES string of the molecule is CN1CCN=C1c1ccc(CN2CCC(CCOc3ccc4c(c3)CN(Cc3ccccc3C(F)(F)F)CCC4)CC2)c(Cl)c1. The lowest BCUT2D eigenvalue weighted by Crippen LogP contribution is -2.33. The van der Waals surface area contributed by atoms with Gasteiger partial charge >= 0.3 is 6.18 Å². The number of nitrogens with zero attached hydrogens (tertiary/aromatic N) is 4. The second-order valence-electron chi connectivity index (χ2n) is 12.7. The van der Waals surface area contributed by atoms with Crippen LogP contribution < -0.4 is 4.74 Å². The zero-order valence-electron chi connectivity index (χ0n) is 26.0. The third kappa shape index (κ3) is 8.02. The molecule has 3 aromatic rings. The van der Waals surface area contributed by atoms with Gasteiger partial charge in [0, 0.05) is 43.8 Å². The molecule has 0 radical (unpaired) electrons. The molecule has 6 rings (SSSR count). The van der Waals surface area contributed by atoms with Crippen molar-refractivity contribution >= 4 is 17.4 Å². The number of ether oxygens (including phenoxy) is 1. The summed E-state index contributed by atoms with van der Waals surface area (Å²) in [6.07, 6.45) is 0.786. The third-order valence-electron chi connectivity index (χ3n) is 9.47. The molecule has 0 unspecified atom stereocenters. The summed E-state index contributed by atoms with van der Waals surface area (Å²) in [7, 11) is 2.07. The van der Waals surface area contributed by atoms with E-state index in [1.165, 1.54) is 17.7 Å². The molecule has 0 aliphatic carbocycles. The zero-order valence-corrected chi connectivity index (χ0v) is 26.7. The van der Waals surface area contributed by atoms with E-state index in [9.17, 15) is 13.2 Å². The summed E-state index contributed by atoms with van der Waals surface area (Å²) in [5, 5.41) is 0.807. The van der Waals surface area contributed by atoms with Gasteiger partial charge in [0.25, 0.3) is 0 Å². The van der Waals surface area contributed by atoms with Gasteiger partial charge in [-0.25, -0.2) is 0 Å². The Balaban J connectivity index is 0.971. The topological polar surface area (TPSA) is 31.3 Å². The first-order chi connectivity index (χ1) is 21.7. The van der Waals surface area contributed by atoms with Gasteiger partial charge in [-0.2, -0.15) is 13.2 Å². The minimum atomic E-state index is -4.35. The highest BCUT2D eigenvalue weighted by molar-refractivity contribution is 6.31. The van der Waals surface area contributed by atoms with E-state index in [1.54, 1.807) is 12.1 Å². The van der Waals surface area contributed by atoms with Crippen LogP contribution in [-0.2, 0) is 32.2 Å². The number of aryl methyl sites for hydroxylation is 1. The van der Waals surface area contributed by atoms with E-state index in [0.29, 0.717) is 24.6 Å². The maximum absolute atomic E-state index is 13.6. The van der Waals surface area contributed by atoms with Gasteiger partial charge in [-0.3, -0.25) is 14.8 Å². The van der Waals surface area contributed by atoms with Gasteiger partial charge in [-0.05, 0) is 104 Å². The van der Waals surface area contributed by atoms with Crippen LogP contribution in [0.25, 0.3) is 0 Å². The van der Waals surface area contributed by atoms with Crippen LogP contribution >= 0.6 is 11.6 Å². The predicted molar refractivity (Wildman–Crippen MR) is 174 cm³/mol. The Bertz CT molecular complexity index is 1500. The molecule has 1 fully saturated rings. The molecule has 3 heterocycles. The number of amidine groups is 1. The molecule has 3 aliphatic rings. The van der Waals surface area contributed by atoms with Gasteiger partial charge in [-0.15, -0.1) is 0 Å². The second kappa shape index (κ2) is 14.1. The van der Waals surface area contributed by atoms with Crippen molar-refractivity contribution in [3.8, 4) is 5.75 Å². The van der Waals surface area contributed by atoms with Crippen LogP contribution in [0.1, 0.15) is 59.1 Å². The molecule has 1 saturated heterocycles. The molecule has 0 spiro atoms. The summed E-state index contributed by atoms with van der Waals surface area (Å²) in [5.41, 5.74) is 4.44. The van der Waals surface area contributed by atoms with Crippen molar-refractivity contribution < 1.29 is 17.9 Å². The summed E-state index contributed by atoms with van der Waals surface area (Å²) in [4.78, 5) is 11.4. The number of halogens is 4. The quantitative estimate of drug-likeness (QED) is 0.241. The molecule has 0 amide bonds. The Hall–Kier alpha value is -3.07. The van der Waals surface area contributed by atoms with Gasteiger partial charge in [0.2, 0.25) is 0 Å². The molecule has 5 nitrogen and oxygen atoms in total. The standard InChI is InChI=1S/C36H42ClF3N4O/c1-42-19-15-41-35(42)28-8-9-30(34(37)22-28)24-43-17-12-26(13-18-43)14-20-45-32-11-10-27-6-4-16-44(25-31(27)21-32)23-29-5-2-3-7-33(29)36(38,39)40/h2-3,5,7-11,21-22,26H,4,6,12-20,23-25H2,1H3. The lowest BCUT2D eigenvalue weighted by Gasteiger charge is -2.32. The summed E-state index contributed by atoms with van der Waals surface area (Å²) in [6, 6.07) is 18.5. The van der Waals surface area contributed by atoms with Gasteiger partial charge in [0.1, 0.15) is 11.6 Å². The predicted octanol–water partition coefficient (Wildman–Crippen LogP) is 7.68. The van der Waals surface area contributed by atoms with Crippen LogP contribution in [-0.4, -0.2) is 66.9 Å². The van der Waals surface area contributed by atoms with Crippen molar-refractivity contribution in [1.29, 1.82) is 0 Å². The average molecular weight is 639 g/mol. The van der Waals surface area contributed by atoms with Gasteiger partial charge < -0.3 is 9.64 Å². The minimum absolute atomic E-state index is 0.282. The largest absolute Gasteiger partial charge is 0.494 e. The number of hydrogen-bond donors (Lipinski definition) is 0. The second-order valence-corrected chi connectivity index (χ2v) is 13.1. The number of likely N-dealkylation sites (tertiary alicyclic amines) is 1. The molecule has 0 atom stereocenters. The zero-order chi connectivity index (χ0) is 31.4. The summed E-state index contributed by atoms with van der Waals surface area (Å²) in [5.74, 6) is 2.49. The molecule has 0 bridgehead atoms. The normalized spacial score (nSPS) is 18.5. The molecular weight excluding hydrogens is 597 g/mol. The maximum Gasteiger partial charge on any atom is 0.416 e. The van der Waals surface area contributed by atoms with E-state index >= 15 is 0 Å². The Morgan fingerprint density at radius 2 is 1.69 bits per heavy atom. The van der Waals surface area contributed by atoms with E-state index in [1.807, 2.05) is 6.07 Å². The van der Waals surface area contributed by atoms with Crippen molar-refractivity contribution in [2.24, 2.45) is 10.9 Å². The maximum atomic E-state index is 13.6. The van der Waals surface area contributed by atoms with E-state index in [0.717, 1.165) is 105 Å². The van der Waals surface area contributed by atoms with Crippen LogP contribution in [0.4, 0.5) is 13.2 Å². The number of benzene rings is 3. The molecule has 3 aromatic carbocycles. The van der Waals surface area contributed by atoms with E-state index < -0.39 is 11.7 Å². The highest BCUT2D eigenvalue weighted by Crippen LogP contribution is 2.33. The lowest BCUT2D eigenvalue weighted by molar-refractivity contribution is -0.138. The van der Waals surface area contributed by atoms with Crippen LogP contribution in [0.2, 0.25) is 5.02 Å². The molecule has 45 heavy (non-hydrogen) atoms. The Morgan fingerprint density at radius 1 is 0.889 bits per heavy atom. The highest BCUT2D eigenvalue weighted by atomic mass is 35.5. The molecule has 9 heteroatoms. The first kappa shape index (κ1) is 31.9. The summed E-state index contributed by atoms with van der Waals surface area (Å²) >= 11 is 6.69. The van der Waals surface area contributed by atoms with Crippen molar-refractivity contribution in [3.63, 3.8) is 0 Å². The van der Waals surface area contributed by atoms with Gasteiger partial charge in [0.15, 0.2) is 0 Å². The molecule has 3 aliphatic heterocycles. The van der Waals surface area contributed by atoms with Crippen LogP contribution in [0.5, 0.6) is 5.75 Å². The number of alkyl halides is 3. The number of rotatable bonds is 9. The fourth-order valence-corrected chi connectivity index (χ4v) is 7.12. The highest BCUT2D eigenvalue weighted by Gasteiger charge is 2.33. The number of piperidine rings is 1. The summed E-state index contributed by atoms with van der Waals surface area (Å²) < 4.78 is 46.9.